The van der Waals surface area contributed by atoms with Gasteiger partial charge < -0.3 is 10.1 Å². The lowest BCUT2D eigenvalue weighted by Gasteiger charge is -2.20. The fourth-order valence-electron chi connectivity index (χ4n) is 2.90. The number of anilines is 1. The zero-order chi connectivity index (χ0) is 15.6. The molecule has 0 aliphatic carbocycles. The molecule has 0 radical (unpaired) electrons. The molecule has 0 bridgehead atoms. The zero-order valence-electron chi connectivity index (χ0n) is 13.1. The van der Waals surface area contributed by atoms with Crippen LogP contribution < -0.4 is 5.32 Å². The molecule has 0 aromatic heterocycles. The predicted molar refractivity (Wildman–Crippen MR) is 84.3 cm³/mol. The maximum Gasteiger partial charge on any atom is 0.243 e. The van der Waals surface area contributed by atoms with E-state index in [2.05, 4.69) is 5.32 Å². The quantitative estimate of drug-likeness (QED) is 0.905. The molecule has 1 atom stereocenters. The van der Waals surface area contributed by atoms with Crippen molar-refractivity contribution in [2.75, 3.05) is 32.1 Å². The molecule has 1 saturated heterocycles. The Morgan fingerprint density at radius 3 is 2.43 bits per heavy atom. The van der Waals surface area contributed by atoms with Crippen LogP contribution in [0.4, 0.5) is 5.69 Å². The number of hydrogen-bond acceptors (Lipinski definition) is 4. The van der Waals surface area contributed by atoms with E-state index in [0.29, 0.717) is 18.0 Å². The fourth-order valence-corrected chi connectivity index (χ4v) is 4.80. The number of nitrogens with zero attached hydrogens (tertiary/aromatic N) is 1. The molecule has 1 N–H and O–H groups in total. The van der Waals surface area contributed by atoms with Crippen molar-refractivity contribution in [1.29, 1.82) is 0 Å². The molecule has 6 heteroatoms. The minimum Gasteiger partial charge on any atom is -0.385 e. The first-order valence-electron chi connectivity index (χ1n) is 7.28. The van der Waals surface area contributed by atoms with E-state index in [1.54, 1.807) is 7.11 Å². The van der Waals surface area contributed by atoms with Gasteiger partial charge in [-0.05, 0) is 50.5 Å². The number of methoxy groups -OCH3 is 1. The molecule has 0 spiro atoms. The Hall–Kier alpha value is -1.11. The van der Waals surface area contributed by atoms with Gasteiger partial charge in [-0.1, -0.05) is 0 Å². The van der Waals surface area contributed by atoms with Gasteiger partial charge in [0.2, 0.25) is 10.0 Å². The molecule has 0 amide bonds. The van der Waals surface area contributed by atoms with Crippen LogP contribution in [-0.2, 0) is 14.8 Å². The maximum absolute atomic E-state index is 12.9. The molecular weight excluding hydrogens is 288 g/mol. The molecule has 1 aliphatic heterocycles. The molecule has 118 valence electrons. The van der Waals surface area contributed by atoms with Crippen molar-refractivity contribution >= 4 is 15.7 Å². The van der Waals surface area contributed by atoms with Gasteiger partial charge in [0.25, 0.3) is 0 Å². The van der Waals surface area contributed by atoms with E-state index in [1.165, 1.54) is 4.31 Å². The summed E-state index contributed by atoms with van der Waals surface area (Å²) >= 11 is 0. The van der Waals surface area contributed by atoms with Crippen LogP contribution >= 0.6 is 0 Å². The molecule has 1 aromatic rings. The topological polar surface area (TPSA) is 58.6 Å². The Balaban J connectivity index is 2.37. The van der Waals surface area contributed by atoms with Crippen LogP contribution in [0, 0.1) is 13.8 Å². The first-order chi connectivity index (χ1) is 9.90. The SMILES string of the molecule is CCNc1cc(C)c(S(=O)(=O)N2CCC(OC)C2)c(C)c1. The Labute approximate surface area is 127 Å². The number of hydrogen-bond donors (Lipinski definition) is 1. The second-order valence-electron chi connectivity index (χ2n) is 5.48. The Morgan fingerprint density at radius 2 is 1.95 bits per heavy atom. The summed E-state index contributed by atoms with van der Waals surface area (Å²) in [5, 5.41) is 3.23. The molecule has 21 heavy (non-hydrogen) atoms. The average Bonchev–Trinajstić information content (AvgIpc) is 2.87. The van der Waals surface area contributed by atoms with Crippen molar-refractivity contribution in [1.82, 2.24) is 4.31 Å². The van der Waals surface area contributed by atoms with Crippen molar-refractivity contribution in [2.45, 2.75) is 38.2 Å². The van der Waals surface area contributed by atoms with E-state index in [0.717, 1.165) is 29.8 Å². The molecule has 1 fully saturated rings. The van der Waals surface area contributed by atoms with Gasteiger partial charge in [-0.3, -0.25) is 0 Å². The van der Waals surface area contributed by atoms with Gasteiger partial charge in [0, 0.05) is 32.4 Å². The summed E-state index contributed by atoms with van der Waals surface area (Å²) in [5.41, 5.74) is 2.53. The third-order valence-corrected chi connectivity index (χ3v) is 6.05. The number of aryl methyl sites for hydroxylation is 2. The summed E-state index contributed by atoms with van der Waals surface area (Å²) in [6.07, 6.45) is 0.755. The van der Waals surface area contributed by atoms with E-state index in [1.807, 2.05) is 32.9 Å². The van der Waals surface area contributed by atoms with Crippen LogP contribution in [0.5, 0.6) is 0 Å². The van der Waals surface area contributed by atoms with Crippen LogP contribution in [0.3, 0.4) is 0 Å². The molecule has 1 heterocycles. The fraction of sp³-hybridized carbons (Fsp3) is 0.600. The van der Waals surface area contributed by atoms with Gasteiger partial charge in [0.15, 0.2) is 0 Å². The van der Waals surface area contributed by atoms with Crippen LogP contribution in [0.1, 0.15) is 24.5 Å². The summed E-state index contributed by atoms with van der Waals surface area (Å²) in [5.74, 6) is 0. The van der Waals surface area contributed by atoms with Gasteiger partial charge in [0.1, 0.15) is 0 Å². The van der Waals surface area contributed by atoms with Crippen LogP contribution in [0.2, 0.25) is 0 Å². The largest absolute Gasteiger partial charge is 0.385 e. The molecule has 1 aliphatic rings. The summed E-state index contributed by atoms with van der Waals surface area (Å²) < 4.78 is 32.5. The summed E-state index contributed by atoms with van der Waals surface area (Å²) in [6, 6.07) is 3.79. The zero-order valence-corrected chi connectivity index (χ0v) is 14.0. The Bertz CT molecular complexity index is 590. The molecule has 1 unspecified atom stereocenters. The average molecular weight is 312 g/mol. The number of ether oxygens (including phenoxy) is 1. The van der Waals surface area contributed by atoms with E-state index in [4.69, 9.17) is 4.74 Å². The third-order valence-electron chi connectivity index (χ3n) is 3.88. The van der Waals surface area contributed by atoms with Crippen molar-refractivity contribution in [3.8, 4) is 0 Å². The Morgan fingerprint density at radius 1 is 1.33 bits per heavy atom. The van der Waals surface area contributed by atoms with E-state index in [-0.39, 0.29) is 6.10 Å². The number of nitrogens with one attached hydrogen (secondary N) is 1. The highest BCUT2D eigenvalue weighted by Crippen LogP contribution is 2.29. The highest BCUT2D eigenvalue weighted by molar-refractivity contribution is 7.89. The summed E-state index contributed by atoms with van der Waals surface area (Å²) in [7, 11) is -1.82. The van der Waals surface area contributed by atoms with E-state index < -0.39 is 10.0 Å². The predicted octanol–water partition coefficient (Wildman–Crippen LogP) is 2.14. The first-order valence-corrected chi connectivity index (χ1v) is 8.72. The van der Waals surface area contributed by atoms with Gasteiger partial charge in [0.05, 0.1) is 11.0 Å². The second-order valence-corrected chi connectivity index (χ2v) is 7.35. The lowest BCUT2D eigenvalue weighted by atomic mass is 10.1. The minimum atomic E-state index is -3.45. The first kappa shape index (κ1) is 16.3. The molecule has 2 rings (SSSR count). The van der Waals surface area contributed by atoms with Crippen LogP contribution in [0.25, 0.3) is 0 Å². The molecule has 5 nitrogen and oxygen atoms in total. The monoisotopic (exact) mass is 312 g/mol. The third kappa shape index (κ3) is 3.22. The van der Waals surface area contributed by atoms with Gasteiger partial charge in [-0.25, -0.2) is 8.42 Å². The normalized spacial score (nSPS) is 19.9. The van der Waals surface area contributed by atoms with Crippen molar-refractivity contribution < 1.29 is 13.2 Å². The Kier molecular flexibility index (Phi) is 4.91. The maximum atomic E-state index is 12.9. The summed E-state index contributed by atoms with van der Waals surface area (Å²) in [4.78, 5) is 0.431. The lowest BCUT2D eigenvalue weighted by Crippen LogP contribution is -2.31. The van der Waals surface area contributed by atoms with Gasteiger partial charge in [-0.15, -0.1) is 0 Å². The highest BCUT2D eigenvalue weighted by atomic mass is 32.2. The van der Waals surface area contributed by atoms with Crippen LogP contribution in [0.15, 0.2) is 17.0 Å². The molecular formula is C15H24N2O3S. The van der Waals surface area contributed by atoms with Crippen molar-refractivity contribution in [2.24, 2.45) is 0 Å². The number of rotatable bonds is 5. The smallest absolute Gasteiger partial charge is 0.243 e. The minimum absolute atomic E-state index is 0.00131. The van der Waals surface area contributed by atoms with Crippen molar-refractivity contribution in [3.63, 3.8) is 0 Å². The second kappa shape index (κ2) is 6.34. The molecule has 0 saturated carbocycles. The van der Waals surface area contributed by atoms with Crippen molar-refractivity contribution in [3.05, 3.63) is 23.3 Å². The molecule has 1 aromatic carbocycles. The number of benzene rings is 1. The van der Waals surface area contributed by atoms with Gasteiger partial charge in [-0.2, -0.15) is 4.31 Å². The van der Waals surface area contributed by atoms with Gasteiger partial charge >= 0.3 is 0 Å². The van der Waals surface area contributed by atoms with E-state index >= 15 is 0 Å². The standard InChI is InChI=1S/C15H24N2O3S/c1-5-16-13-8-11(2)15(12(3)9-13)21(18,19)17-7-6-14(10-17)20-4/h8-9,14,16H,5-7,10H2,1-4H3. The van der Waals surface area contributed by atoms with E-state index in [9.17, 15) is 8.42 Å². The van der Waals surface area contributed by atoms with Crippen LogP contribution in [-0.4, -0.2) is 45.6 Å². The highest BCUT2D eigenvalue weighted by Gasteiger charge is 2.34. The lowest BCUT2D eigenvalue weighted by molar-refractivity contribution is 0.115. The number of sulfonamides is 1. The summed E-state index contributed by atoms with van der Waals surface area (Å²) in [6.45, 7) is 7.49.